The maximum absolute atomic E-state index is 12.0. The Morgan fingerprint density at radius 3 is 3.05 bits per heavy atom. The second-order valence-corrected chi connectivity index (χ2v) is 4.40. The van der Waals surface area contributed by atoms with Gasteiger partial charge in [-0.05, 0) is 25.1 Å². The van der Waals surface area contributed by atoms with Crippen molar-refractivity contribution in [2.24, 2.45) is 0 Å². The van der Waals surface area contributed by atoms with E-state index in [2.05, 4.69) is 15.3 Å². The lowest BCUT2D eigenvalue weighted by molar-refractivity contribution is 0.0949. The maximum atomic E-state index is 12.0. The monoisotopic (exact) mass is 289 g/mol. The highest BCUT2D eigenvalue weighted by atomic mass is 32.1. The van der Waals surface area contributed by atoms with E-state index in [1.807, 2.05) is 13.0 Å². The van der Waals surface area contributed by atoms with E-state index in [9.17, 15) is 4.79 Å². The highest BCUT2D eigenvalue weighted by molar-refractivity contribution is 7.71. The molecule has 2 heterocycles. The first-order chi connectivity index (χ1) is 9.72. The van der Waals surface area contributed by atoms with E-state index < -0.39 is 0 Å². The second-order valence-electron chi connectivity index (χ2n) is 4.00. The standard InChI is InChI=1S/C14H15N3O2S/c1-2-19-13-10(5-3-7-15-13)9-17-12(18)11-6-4-8-16-14(11)20/h3-8H,2,9H2,1H3,(H,16,20)(H,17,18). The molecule has 0 radical (unpaired) electrons. The zero-order chi connectivity index (χ0) is 14.4. The average Bonchev–Trinajstić information content (AvgIpc) is 2.47. The van der Waals surface area contributed by atoms with Crippen LogP contribution in [-0.4, -0.2) is 22.5 Å². The Morgan fingerprint density at radius 2 is 2.30 bits per heavy atom. The predicted octanol–water partition coefficient (Wildman–Crippen LogP) is 2.47. The van der Waals surface area contributed by atoms with Crippen LogP contribution in [0.4, 0.5) is 0 Å². The molecule has 0 saturated carbocycles. The zero-order valence-electron chi connectivity index (χ0n) is 11.1. The summed E-state index contributed by atoms with van der Waals surface area (Å²) in [5.74, 6) is 0.312. The lowest BCUT2D eigenvalue weighted by Crippen LogP contribution is -2.23. The Morgan fingerprint density at radius 1 is 1.45 bits per heavy atom. The zero-order valence-corrected chi connectivity index (χ0v) is 11.9. The van der Waals surface area contributed by atoms with Gasteiger partial charge in [-0.1, -0.05) is 18.3 Å². The lowest BCUT2D eigenvalue weighted by atomic mass is 10.2. The summed E-state index contributed by atoms with van der Waals surface area (Å²) >= 11 is 5.07. The van der Waals surface area contributed by atoms with Crippen LogP contribution in [0, 0.1) is 4.64 Å². The number of hydrogen-bond donors (Lipinski definition) is 2. The third kappa shape index (κ3) is 3.42. The number of aromatic amines is 1. The maximum Gasteiger partial charge on any atom is 0.254 e. The van der Waals surface area contributed by atoms with Gasteiger partial charge in [-0.2, -0.15) is 0 Å². The number of rotatable bonds is 5. The first-order valence-corrected chi connectivity index (χ1v) is 6.65. The van der Waals surface area contributed by atoms with Gasteiger partial charge < -0.3 is 15.0 Å². The molecular formula is C14H15N3O2S. The third-order valence-electron chi connectivity index (χ3n) is 2.63. The molecular weight excluding hydrogens is 274 g/mol. The normalized spacial score (nSPS) is 10.1. The minimum Gasteiger partial charge on any atom is -0.478 e. The van der Waals surface area contributed by atoms with E-state index in [0.717, 1.165) is 5.56 Å². The molecule has 1 amide bonds. The Kier molecular flexibility index (Phi) is 4.84. The van der Waals surface area contributed by atoms with Crippen LogP contribution in [0.2, 0.25) is 0 Å². The summed E-state index contributed by atoms with van der Waals surface area (Å²) in [6.07, 6.45) is 3.34. The van der Waals surface area contributed by atoms with Gasteiger partial charge in [0.25, 0.3) is 5.91 Å². The molecule has 0 aromatic carbocycles. The molecule has 0 aliphatic carbocycles. The Labute approximate surface area is 122 Å². The smallest absolute Gasteiger partial charge is 0.254 e. The minimum absolute atomic E-state index is 0.224. The predicted molar refractivity (Wildman–Crippen MR) is 78.2 cm³/mol. The van der Waals surface area contributed by atoms with Crippen LogP contribution in [0.5, 0.6) is 5.88 Å². The Hall–Kier alpha value is -2.21. The fourth-order valence-electron chi connectivity index (χ4n) is 1.70. The molecule has 2 aromatic heterocycles. The van der Waals surface area contributed by atoms with Gasteiger partial charge in [-0.15, -0.1) is 0 Å². The molecule has 0 unspecified atom stereocenters. The molecule has 5 nitrogen and oxygen atoms in total. The number of carbonyl (C=O) groups excluding carboxylic acids is 1. The van der Waals surface area contributed by atoms with Crippen LogP contribution in [0.25, 0.3) is 0 Å². The van der Waals surface area contributed by atoms with Crippen molar-refractivity contribution >= 4 is 18.1 Å². The van der Waals surface area contributed by atoms with Crippen molar-refractivity contribution in [1.29, 1.82) is 0 Å². The van der Waals surface area contributed by atoms with Crippen molar-refractivity contribution in [3.63, 3.8) is 0 Å². The number of nitrogens with zero attached hydrogens (tertiary/aromatic N) is 1. The first-order valence-electron chi connectivity index (χ1n) is 6.25. The summed E-state index contributed by atoms with van der Waals surface area (Å²) in [6.45, 7) is 2.76. The fraction of sp³-hybridized carbons (Fsp3) is 0.214. The number of ether oxygens (including phenoxy) is 1. The van der Waals surface area contributed by atoms with Crippen LogP contribution in [0.1, 0.15) is 22.8 Å². The number of pyridine rings is 2. The summed E-state index contributed by atoms with van der Waals surface area (Å²) in [6, 6.07) is 7.09. The van der Waals surface area contributed by atoms with Gasteiger partial charge in [0.1, 0.15) is 4.64 Å². The molecule has 6 heteroatoms. The first kappa shape index (κ1) is 14.2. The van der Waals surface area contributed by atoms with Crippen molar-refractivity contribution in [2.45, 2.75) is 13.5 Å². The van der Waals surface area contributed by atoms with Crippen molar-refractivity contribution in [2.75, 3.05) is 6.61 Å². The summed E-state index contributed by atoms with van der Waals surface area (Å²) in [4.78, 5) is 19.0. The van der Waals surface area contributed by atoms with E-state index >= 15 is 0 Å². The summed E-state index contributed by atoms with van der Waals surface area (Å²) < 4.78 is 5.83. The van der Waals surface area contributed by atoms with Crippen LogP contribution in [0.3, 0.4) is 0 Å². The number of H-pyrrole nitrogens is 1. The van der Waals surface area contributed by atoms with Gasteiger partial charge in [-0.3, -0.25) is 4.79 Å². The van der Waals surface area contributed by atoms with Crippen molar-refractivity contribution in [1.82, 2.24) is 15.3 Å². The molecule has 0 saturated heterocycles. The van der Waals surface area contributed by atoms with Gasteiger partial charge >= 0.3 is 0 Å². The van der Waals surface area contributed by atoms with Gasteiger partial charge in [-0.25, -0.2) is 4.98 Å². The largest absolute Gasteiger partial charge is 0.478 e. The van der Waals surface area contributed by atoms with E-state index in [1.165, 1.54) is 0 Å². The molecule has 104 valence electrons. The Balaban J connectivity index is 2.08. The topological polar surface area (TPSA) is 67.0 Å². The highest BCUT2D eigenvalue weighted by Gasteiger charge is 2.09. The molecule has 0 spiro atoms. The average molecular weight is 289 g/mol. The van der Waals surface area contributed by atoms with Crippen molar-refractivity contribution in [3.05, 3.63) is 52.4 Å². The van der Waals surface area contributed by atoms with Crippen LogP contribution >= 0.6 is 12.2 Å². The van der Waals surface area contributed by atoms with Gasteiger partial charge in [0.2, 0.25) is 5.88 Å². The molecule has 0 aliphatic rings. The molecule has 0 fully saturated rings. The van der Waals surface area contributed by atoms with Gasteiger partial charge in [0.15, 0.2) is 0 Å². The number of aromatic nitrogens is 2. The number of nitrogens with one attached hydrogen (secondary N) is 2. The number of hydrogen-bond acceptors (Lipinski definition) is 4. The van der Waals surface area contributed by atoms with Crippen molar-refractivity contribution < 1.29 is 9.53 Å². The third-order valence-corrected chi connectivity index (χ3v) is 2.97. The molecule has 0 atom stereocenters. The molecule has 2 N–H and O–H groups in total. The van der Waals surface area contributed by atoms with Crippen molar-refractivity contribution in [3.8, 4) is 5.88 Å². The van der Waals surface area contributed by atoms with E-state index in [-0.39, 0.29) is 5.91 Å². The second kappa shape index (κ2) is 6.81. The molecule has 0 aliphatic heterocycles. The fourth-order valence-corrected chi connectivity index (χ4v) is 1.93. The van der Waals surface area contributed by atoms with Crippen LogP contribution < -0.4 is 10.1 Å². The SMILES string of the molecule is CCOc1ncccc1CNC(=O)c1ccc[nH]c1=S. The number of amides is 1. The highest BCUT2D eigenvalue weighted by Crippen LogP contribution is 2.14. The quantitative estimate of drug-likeness (QED) is 0.830. The van der Waals surface area contributed by atoms with Gasteiger partial charge in [0.05, 0.1) is 12.2 Å². The molecule has 2 aromatic rings. The lowest BCUT2D eigenvalue weighted by Gasteiger charge is -2.09. The summed E-state index contributed by atoms with van der Waals surface area (Å²) in [5.41, 5.74) is 1.28. The summed E-state index contributed by atoms with van der Waals surface area (Å²) in [5, 5.41) is 2.81. The molecule has 2 rings (SSSR count). The van der Waals surface area contributed by atoms with E-state index in [0.29, 0.717) is 29.2 Å². The van der Waals surface area contributed by atoms with Crippen LogP contribution in [-0.2, 0) is 6.54 Å². The number of carbonyl (C=O) groups is 1. The van der Waals surface area contributed by atoms with E-state index in [4.69, 9.17) is 17.0 Å². The van der Waals surface area contributed by atoms with E-state index in [1.54, 1.807) is 30.6 Å². The van der Waals surface area contributed by atoms with Crippen LogP contribution in [0.15, 0.2) is 36.7 Å². The summed E-state index contributed by atoms with van der Waals surface area (Å²) in [7, 11) is 0. The Bertz CT molecular complexity index is 655. The molecule has 20 heavy (non-hydrogen) atoms. The van der Waals surface area contributed by atoms with Gasteiger partial charge in [0, 0.05) is 24.5 Å². The minimum atomic E-state index is -0.224. The molecule has 0 bridgehead atoms.